The number of rotatable bonds is 8. The Labute approximate surface area is 163 Å². The molecule has 1 amide bonds. The predicted molar refractivity (Wildman–Crippen MR) is 105 cm³/mol. The lowest BCUT2D eigenvalue weighted by Crippen LogP contribution is -2.29. The van der Waals surface area contributed by atoms with Gasteiger partial charge in [-0.25, -0.2) is 0 Å². The van der Waals surface area contributed by atoms with E-state index in [0.29, 0.717) is 28.7 Å². The summed E-state index contributed by atoms with van der Waals surface area (Å²) in [5.74, 6) is 1.14. The fourth-order valence-corrected chi connectivity index (χ4v) is 2.95. The molecule has 1 heterocycles. The first-order chi connectivity index (χ1) is 13.1. The third-order valence-corrected chi connectivity index (χ3v) is 4.45. The molecule has 0 aliphatic carbocycles. The molecular formula is C21H22ClNO4. The van der Waals surface area contributed by atoms with Gasteiger partial charge in [-0.2, -0.15) is 0 Å². The van der Waals surface area contributed by atoms with Crippen molar-refractivity contribution in [3.05, 3.63) is 64.9 Å². The van der Waals surface area contributed by atoms with Crippen LogP contribution in [0.2, 0.25) is 5.02 Å². The Hall–Kier alpha value is -2.50. The Kier molecular flexibility index (Phi) is 6.37. The minimum atomic E-state index is -0.289. The lowest BCUT2D eigenvalue weighted by molar-refractivity contribution is -0.126. The number of para-hydroxylation sites is 1. The van der Waals surface area contributed by atoms with Gasteiger partial charge >= 0.3 is 0 Å². The average molecular weight is 388 g/mol. The summed E-state index contributed by atoms with van der Waals surface area (Å²) in [6.07, 6.45) is 0. The summed E-state index contributed by atoms with van der Waals surface area (Å²) in [7, 11) is 0. The van der Waals surface area contributed by atoms with Crippen molar-refractivity contribution < 1.29 is 18.7 Å². The third kappa shape index (κ3) is 4.81. The largest absolute Gasteiger partial charge is 0.490 e. The zero-order valence-electron chi connectivity index (χ0n) is 15.3. The molecule has 6 heteroatoms. The van der Waals surface area contributed by atoms with Crippen LogP contribution in [0.3, 0.4) is 0 Å². The van der Waals surface area contributed by atoms with E-state index < -0.39 is 0 Å². The molecule has 1 N–H and O–H groups in total. The van der Waals surface area contributed by atoms with E-state index in [-0.39, 0.29) is 25.2 Å². The fraction of sp³-hybridized carbons (Fsp3) is 0.286. The van der Waals surface area contributed by atoms with Crippen LogP contribution >= 0.6 is 11.6 Å². The monoisotopic (exact) mass is 387 g/mol. The first kappa shape index (κ1) is 19.3. The second kappa shape index (κ2) is 8.93. The molecule has 1 unspecified atom stereocenters. The number of nitrogens with one attached hydrogen (secondary N) is 1. The van der Waals surface area contributed by atoms with Crippen LogP contribution in [0, 0.1) is 0 Å². The van der Waals surface area contributed by atoms with Gasteiger partial charge in [-0.1, -0.05) is 41.9 Å². The van der Waals surface area contributed by atoms with E-state index >= 15 is 0 Å². The molecule has 27 heavy (non-hydrogen) atoms. The zero-order valence-corrected chi connectivity index (χ0v) is 16.1. The van der Waals surface area contributed by atoms with Crippen LogP contribution in [0.15, 0.2) is 52.9 Å². The Bertz CT molecular complexity index is 921. The molecule has 0 spiro atoms. The normalized spacial score (nSPS) is 12.1. The number of hydrogen-bond acceptors (Lipinski definition) is 4. The molecule has 0 bridgehead atoms. The topological polar surface area (TPSA) is 60.7 Å². The van der Waals surface area contributed by atoms with Crippen molar-refractivity contribution in [3.63, 3.8) is 0 Å². The smallest absolute Gasteiger partial charge is 0.246 e. The van der Waals surface area contributed by atoms with Crippen molar-refractivity contribution in [3.8, 4) is 5.75 Å². The maximum absolute atomic E-state index is 12.2. The van der Waals surface area contributed by atoms with E-state index in [0.717, 1.165) is 10.9 Å². The van der Waals surface area contributed by atoms with Crippen LogP contribution in [0.4, 0.5) is 0 Å². The van der Waals surface area contributed by atoms with Crippen LogP contribution in [-0.4, -0.2) is 19.1 Å². The first-order valence-electron chi connectivity index (χ1n) is 8.84. The number of carbonyl (C=O) groups is 1. The molecule has 3 rings (SSSR count). The van der Waals surface area contributed by atoms with E-state index in [9.17, 15) is 4.79 Å². The lowest BCUT2D eigenvalue weighted by Gasteiger charge is -2.12. The molecule has 0 radical (unpaired) electrons. The van der Waals surface area contributed by atoms with Gasteiger partial charge in [0.05, 0.1) is 19.3 Å². The highest BCUT2D eigenvalue weighted by Crippen LogP contribution is 2.31. The number of furan rings is 1. The molecule has 5 nitrogen and oxygen atoms in total. The molecule has 0 fully saturated rings. The van der Waals surface area contributed by atoms with E-state index in [2.05, 4.69) is 5.32 Å². The molecule has 0 aliphatic rings. The van der Waals surface area contributed by atoms with Gasteiger partial charge in [0.2, 0.25) is 5.91 Å². The molecule has 3 aromatic rings. The molecular weight excluding hydrogens is 366 g/mol. The molecule has 2 aromatic carbocycles. The number of benzene rings is 2. The second-order valence-electron chi connectivity index (χ2n) is 6.13. The number of amides is 1. The van der Waals surface area contributed by atoms with Gasteiger partial charge in [-0.15, -0.1) is 0 Å². The highest BCUT2D eigenvalue weighted by atomic mass is 35.5. The van der Waals surface area contributed by atoms with Crippen molar-refractivity contribution in [1.82, 2.24) is 5.32 Å². The van der Waals surface area contributed by atoms with Crippen molar-refractivity contribution >= 4 is 28.5 Å². The number of halogens is 1. The first-order valence-corrected chi connectivity index (χ1v) is 9.22. The SMILES string of the molecule is CCOc1cccc2cc(C(C)NC(=O)COCc3ccccc3Cl)oc12. The van der Waals surface area contributed by atoms with Crippen LogP contribution in [-0.2, 0) is 16.1 Å². The van der Waals surface area contributed by atoms with Crippen molar-refractivity contribution in [2.45, 2.75) is 26.5 Å². The van der Waals surface area contributed by atoms with Crippen molar-refractivity contribution in [2.75, 3.05) is 13.2 Å². The maximum Gasteiger partial charge on any atom is 0.246 e. The predicted octanol–water partition coefficient (Wildman–Crippen LogP) is 4.88. The summed E-state index contributed by atoms with van der Waals surface area (Å²) in [6, 6.07) is 14.7. The highest BCUT2D eigenvalue weighted by Gasteiger charge is 2.16. The van der Waals surface area contributed by atoms with Gasteiger partial charge in [0.1, 0.15) is 12.4 Å². The third-order valence-electron chi connectivity index (χ3n) is 4.08. The van der Waals surface area contributed by atoms with Crippen LogP contribution < -0.4 is 10.1 Å². The van der Waals surface area contributed by atoms with Gasteiger partial charge in [0.15, 0.2) is 11.3 Å². The summed E-state index contributed by atoms with van der Waals surface area (Å²) >= 11 is 6.07. The number of hydrogen-bond donors (Lipinski definition) is 1. The highest BCUT2D eigenvalue weighted by molar-refractivity contribution is 6.31. The lowest BCUT2D eigenvalue weighted by atomic mass is 10.2. The quantitative estimate of drug-likeness (QED) is 0.598. The van der Waals surface area contributed by atoms with Gasteiger partial charge < -0.3 is 19.2 Å². The number of fused-ring (bicyclic) bond motifs is 1. The summed E-state index contributed by atoms with van der Waals surface area (Å²) in [5.41, 5.74) is 1.53. The Morgan fingerprint density at radius 3 is 2.81 bits per heavy atom. The van der Waals surface area contributed by atoms with Gasteiger partial charge in [-0.05, 0) is 37.6 Å². The Morgan fingerprint density at radius 2 is 2.04 bits per heavy atom. The molecule has 142 valence electrons. The molecule has 0 saturated carbocycles. The fourth-order valence-electron chi connectivity index (χ4n) is 2.76. The Balaban J connectivity index is 1.57. The summed E-state index contributed by atoms with van der Waals surface area (Å²) in [6.45, 7) is 4.58. The van der Waals surface area contributed by atoms with E-state index in [1.165, 1.54) is 0 Å². The molecule has 0 saturated heterocycles. The van der Waals surface area contributed by atoms with E-state index in [1.807, 2.05) is 56.3 Å². The maximum atomic E-state index is 12.2. The molecule has 1 atom stereocenters. The van der Waals surface area contributed by atoms with E-state index in [4.69, 9.17) is 25.5 Å². The van der Waals surface area contributed by atoms with Crippen LogP contribution in [0.5, 0.6) is 5.75 Å². The average Bonchev–Trinajstić information content (AvgIpc) is 3.09. The second-order valence-corrected chi connectivity index (χ2v) is 6.54. The minimum Gasteiger partial charge on any atom is -0.490 e. The summed E-state index contributed by atoms with van der Waals surface area (Å²) in [5, 5.41) is 4.44. The minimum absolute atomic E-state index is 0.0556. The van der Waals surface area contributed by atoms with Gasteiger partial charge in [-0.3, -0.25) is 4.79 Å². The standard InChI is InChI=1S/C21H22ClNO4/c1-3-26-18-10-6-8-15-11-19(27-21(15)18)14(2)23-20(24)13-25-12-16-7-4-5-9-17(16)22/h4-11,14H,3,12-13H2,1-2H3,(H,23,24). The molecule has 0 aliphatic heterocycles. The van der Waals surface area contributed by atoms with Crippen molar-refractivity contribution in [2.24, 2.45) is 0 Å². The number of ether oxygens (including phenoxy) is 2. The van der Waals surface area contributed by atoms with Crippen LogP contribution in [0.25, 0.3) is 11.0 Å². The number of carbonyl (C=O) groups excluding carboxylic acids is 1. The molecule has 1 aromatic heterocycles. The zero-order chi connectivity index (χ0) is 19.2. The van der Waals surface area contributed by atoms with Crippen molar-refractivity contribution in [1.29, 1.82) is 0 Å². The Morgan fingerprint density at radius 1 is 1.22 bits per heavy atom. The van der Waals surface area contributed by atoms with Gasteiger partial charge in [0, 0.05) is 10.4 Å². The van der Waals surface area contributed by atoms with Crippen LogP contribution in [0.1, 0.15) is 31.2 Å². The van der Waals surface area contributed by atoms with Gasteiger partial charge in [0.25, 0.3) is 0 Å². The summed E-state index contributed by atoms with van der Waals surface area (Å²) in [4.78, 5) is 12.2. The van der Waals surface area contributed by atoms with E-state index in [1.54, 1.807) is 6.07 Å². The summed E-state index contributed by atoms with van der Waals surface area (Å²) < 4.78 is 17.0.